The van der Waals surface area contributed by atoms with Gasteiger partial charge >= 0.3 is 5.97 Å². The molecule has 1 saturated carbocycles. The molecule has 0 radical (unpaired) electrons. The standard InChI is InChI=1S/C19H24FNO5S/c1-13(17(22)21-16-8-11-27(24,25)12-16)26-18(23)19(9-2-3-10-19)14-4-6-15(20)7-5-14/h4-7,13,16H,2-3,8-12H2,1H3,(H,21,22)/t13-,16+/m0/s1. The summed E-state index contributed by atoms with van der Waals surface area (Å²) in [7, 11) is -3.11. The van der Waals surface area contributed by atoms with Gasteiger partial charge in [-0.1, -0.05) is 25.0 Å². The number of rotatable bonds is 5. The Morgan fingerprint density at radius 1 is 1.22 bits per heavy atom. The Morgan fingerprint density at radius 2 is 1.85 bits per heavy atom. The van der Waals surface area contributed by atoms with E-state index in [9.17, 15) is 22.4 Å². The summed E-state index contributed by atoms with van der Waals surface area (Å²) in [5.41, 5.74) is -0.167. The highest BCUT2D eigenvalue weighted by Gasteiger charge is 2.45. The third-order valence-electron chi connectivity index (χ3n) is 5.48. The lowest BCUT2D eigenvalue weighted by Crippen LogP contribution is -2.45. The van der Waals surface area contributed by atoms with E-state index in [1.807, 2.05) is 0 Å². The smallest absolute Gasteiger partial charge is 0.317 e. The largest absolute Gasteiger partial charge is 0.452 e. The maximum absolute atomic E-state index is 13.3. The number of benzene rings is 1. The minimum atomic E-state index is -3.11. The number of halogens is 1. The molecule has 2 aliphatic rings. The fourth-order valence-electron chi connectivity index (χ4n) is 3.91. The normalized spacial score (nSPS) is 24.3. The van der Waals surface area contributed by atoms with Crippen molar-refractivity contribution in [3.63, 3.8) is 0 Å². The maximum atomic E-state index is 13.3. The SMILES string of the molecule is C[C@H](OC(=O)C1(c2ccc(F)cc2)CCCC1)C(=O)N[C@@H]1CCS(=O)(=O)C1. The van der Waals surface area contributed by atoms with Crippen molar-refractivity contribution in [1.82, 2.24) is 5.32 Å². The highest BCUT2D eigenvalue weighted by molar-refractivity contribution is 7.91. The van der Waals surface area contributed by atoms with Crippen molar-refractivity contribution in [2.75, 3.05) is 11.5 Å². The quantitative estimate of drug-likeness (QED) is 0.766. The highest BCUT2D eigenvalue weighted by Crippen LogP contribution is 2.42. The number of carbonyl (C=O) groups is 2. The molecule has 27 heavy (non-hydrogen) atoms. The van der Waals surface area contributed by atoms with Gasteiger partial charge in [-0.15, -0.1) is 0 Å². The van der Waals surface area contributed by atoms with Crippen molar-refractivity contribution in [3.05, 3.63) is 35.6 Å². The summed E-state index contributed by atoms with van der Waals surface area (Å²) in [6, 6.07) is 5.38. The van der Waals surface area contributed by atoms with Crippen molar-refractivity contribution in [3.8, 4) is 0 Å². The van der Waals surface area contributed by atoms with Crippen LogP contribution >= 0.6 is 0 Å². The van der Waals surface area contributed by atoms with Crippen LogP contribution in [-0.4, -0.2) is 43.9 Å². The fraction of sp³-hybridized carbons (Fsp3) is 0.579. The van der Waals surface area contributed by atoms with Gasteiger partial charge in [-0.25, -0.2) is 12.8 Å². The minimum Gasteiger partial charge on any atom is -0.452 e. The predicted octanol–water partition coefficient (Wildman–Crippen LogP) is 1.87. The van der Waals surface area contributed by atoms with Crippen LogP contribution in [0.25, 0.3) is 0 Å². The molecule has 1 aromatic carbocycles. The summed E-state index contributed by atoms with van der Waals surface area (Å²) in [5, 5.41) is 2.65. The van der Waals surface area contributed by atoms with Crippen LogP contribution in [-0.2, 0) is 29.6 Å². The van der Waals surface area contributed by atoms with Crippen LogP contribution in [0.15, 0.2) is 24.3 Å². The summed E-state index contributed by atoms with van der Waals surface area (Å²) in [6.07, 6.45) is 2.23. The second-order valence-electron chi connectivity index (χ2n) is 7.45. The van der Waals surface area contributed by atoms with Gasteiger partial charge in [-0.3, -0.25) is 9.59 Å². The molecule has 1 heterocycles. The molecule has 0 unspecified atom stereocenters. The summed E-state index contributed by atoms with van der Waals surface area (Å²) < 4.78 is 41.7. The Morgan fingerprint density at radius 3 is 2.41 bits per heavy atom. The van der Waals surface area contributed by atoms with Crippen LogP contribution in [0.2, 0.25) is 0 Å². The first-order chi connectivity index (χ1) is 12.7. The van der Waals surface area contributed by atoms with E-state index in [1.54, 1.807) is 12.1 Å². The Bertz CT molecular complexity index is 815. The topological polar surface area (TPSA) is 89.5 Å². The van der Waals surface area contributed by atoms with E-state index in [4.69, 9.17) is 4.74 Å². The number of hydrogen-bond acceptors (Lipinski definition) is 5. The molecule has 8 heteroatoms. The number of sulfone groups is 1. The van der Waals surface area contributed by atoms with E-state index in [-0.39, 0.29) is 17.3 Å². The van der Waals surface area contributed by atoms with Crippen LogP contribution in [0.1, 0.15) is 44.6 Å². The second kappa shape index (κ2) is 7.58. The van der Waals surface area contributed by atoms with Gasteiger partial charge in [0, 0.05) is 6.04 Å². The highest BCUT2D eigenvalue weighted by atomic mass is 32.2. The predicted molar refractivity (Wildman–Crippen MR) is 97.3 cm³/mol. The second-order valence-corrected chi connectivity index (χ2v) is 9.68. The number of carbonyl (C=O) groups excluding carboxylic acids is 2. The van der Waals surface area contributed by atoms with Gasteiger partial charge in [-0.05, 0) is 43.9 Å². The molecule has 1 saturated heterocycles. The summed E-state index contributed by atoms with van der Waals surface area (Å²) in [4.78, 5) is 25.2. The van der Waals surface area contributed by atoms with Crippen LogP contribution in [0.5, 0.6) is 0 Å². The first kappa shape index (κ1) is 19.8. The molecule has 1 aliphatic heterocycles. The molecular formula is C19H24FNO5S. The molecule has 6 nitrogen and oxygen atoms in total. The van der Waals surface area contributed by atoms with Crippen LogP contribution in [0.3, 0.4) is 0 Å². The molecule has 2 atom stereocenters. The average Bonchev–Trinajstić information content (AvgIpc) is 3.23. The van der Waals surface area contributed by atoms with Gasteiger partial charge in [0.1, 0.15) is 5.82 Å². The zero-order valence-corrected chi connectivity index (χ0v) is 16.1. The molecule has 3 rings (SSSR count). The minimum absolute atomic E-state index is 0.0554. The van der Waals surface area contributed by atoms with E-state index in [0.29, 0.717) is 24.8 Å². The Hall–Kier alpha value is -1.96. The van der Waals surface area contributed by atoms with Crippen molar-refractivity contribution in [2.24, 2.45) is 0 Å². The molecule has 0 spiro atoms. The van der Waals surface area contributed by atoms with E-state index in [1.165, 1.54) is 19.1 Å². The van der Waals surface area contributed by atoms with Gasteiger partial charge in [-0.2, -0.15) is 0 Å². The van der Waals surface area contributed by atoms with E-state index in [2.05, 4.69) is 5.32 Å². The lowest BCUT2D eigenvalue weighted by molar-refractivity contribution is -0.160. The third kappa shape index (κ3) is 4.31. The Balaban J connectivity index is 1.67. The Kier molecular flexibility index (Phi) is 5.55. The van der Waals surface area contributed by atoms with Gasteiger partial charge in [0.25, 0.3) is 5.91 Å². The summed E-state index contributed by atoms with van der Waals surface area (Å²) in [6.45, 7) is 1.48. The first-order valence-corrected chi connectivity index (χ1v) is 11.0. The van der Waals surface area contributed by atoms with E-state index in [0.717, 1.165) is 12.8 Å². The zero-order valence-electron chi connectivity index (χ0n) is 15.2. The molecule has 1 aliphatic carbocycles. The lowest BCUT2D eigenvalue weighted by Gasteiger charge is -2.29. The first-order valence-electron chi connectivity index (χ1n) is 9.20. The van der Waals surface area contributed by atoms with Crippen molar-refractivity contribution < 1.29 is 27.1 Å². The van der Waals surface area contributed by atoms with Crippen LogP contribution < -0.4 is 5.32 Å². The van der Waals surface area contributed by atoms with Crippen molar-refractivity contribution in [2.45, 2.75) is 56.6 Å². The number of amides is 1. The number of nitrogens with one attached hydrogen (secondary N) is 1. The van der Waals surface area contributed by atoms with Crippen molar-refractivity contribution >= 4 is 21.7 Å². The van der Waals surface area contributed by atoms with Gasteiger partial charge in [0.15, 0.2) is 15.9 Å². The molecule has 1 N–H and O–H groups in total. The van der Waals surface area contributed by atoms with Crippen molar-refractivity contribution in [1.29, 1.82) is 0 Å². The van der Waals surface area contributed by atoms with E-state index >= 15 is 0 Å². The molecule has 0 bridgehead atoms. The third-order valence-corrected chi connectivity index (χ3v) is 7.24. The zero-order chi connectivity index (χ0) is 19.7. The maximum Gasteiger partial charge on any atom is 0.317 e. The van der Waals surface area contributed by atoms with E-state index < -0.39 is 39.3 Å². The molecule has 148 valence electrons. The van der Waals surface area contributed by atoms with Gasteiger partial charge < -0.3 is 10.1 Å². The Labute approximate surface area is 158 Å². The number of hydrogen-bond donors (Lipinski definition) is 1. The molecule has 0 aromatic heterocycles. The summed E-state index contributed by atoms with van der Waals surface area (Å²) in [5.74, 6) is -1.40. The van der Waals surface area contributed by atoms with Crippen LogP contribution in [0, 0.1) is 5.82 Å². The number of ether oxygens (including phenoxy) is 1. The average molecular weight is 397 g/mol. The van der Waals surface area contributed by atoms with Gasteiger partial charge in [0.2, 0.25) is 0 Å². The van der Waals surface area contributed by atoms with Crippen LogP contribution in [0.4, 0.5) is 4.39 Å². The molecule has 1 aromatic rings. The lowest BCUT2D eigenvalue weighted by atomic mass is 9.79. The van der Waals surface area contributed by atoms with Gasteiger partial charge in [0.05, 0.1) is 16.9 Å². The summed E-state index contributed by atoms with van der Waals surface area (Å²) >= 11 is 0. The monoisotopic (exact) mass is 397 g/mol. The number of esters is 1. The molecular weight excluding hydrogens is 373 g/mol. The molecule has 2 fully saturated rings. The fourth-order valence-corrected chi connectivity index (χ4v) is 5.59. The molecule has 1 amide bonds.